The van der Waals surface area contributed by atoms with Crippen LogP contribution < -0.4 is 10.2 Å². The lowest BCUT2D eigenvalue weighted by molar-refractivity contribution is -0.870. The molecule has 0 aliphatic rings. The predicted molar refractivity (Wildman–Crippen MR) is 224 cm³/mol. The van der Waals surface area contributed by atoms with E-state index in [9.17, 15) is 19.4 Å². The molecule has 3 unspecified atom stereocenters. The Balaban J connectivity index is 4.20. The van der Waals surface area contributed by atoms with Gasteiger partial charge in [-0.1, -0.05) is 187 Å². The minimum Gasteiger partial charge on any atom is -0.756 e. The van der Waals surface area contributed by atoms with Gasteiger partial charge in [0.05, 0.1) is 39.9 Å². The molecule has 0 spiro atoms. The summed E-state index contributed by atoms with van der Waals surface area (Å²) < 4.78 is 23.2. The zero-order chi connectivity index (χ0) is 39.3. The molecule has 0 aliphatic heterocycles. The normalized spacial score (nSPS) is 14.5. The van der Waals surface area contributed by atoms with Crippen molar-refractivity contribution >= 4 is 13.7 Å². The third-order valence-electron chi connectivity index (χ3n) is 10.3. The van der Waals surface area contributed by atoms with Crippen molar-refractivity contribution in [3.63, 3.8) is 0 Å². The van der Waals surface area contributed by atoms with Gasteiger partial charge in [0.15, 0.2) is 0 Å². The van der Waals surface area contributed by atoms with E-state index in [1.807, 2.05) is 21.1 Å². The molecule has 0 rings (SSSR count). The molecule has 0 saturated carbocycles. The quantitative estimate of drug-likeness (QED) is 0.0277. The van der Waals surface area contributed by atoms with Crippen molar-refractivity contribution in [2.75, 3.05) is 40.9 Å². The predicted octanol–water partition coefficient (Wildman–Crippen LogP) is 11.7. The second-order valence-electron chi connectivity index (χ2n) is 16.8. The van der Waals surface area contributed by atoms with Crippen LogP contribution in [-0.4, -0.2) is 68.5 Å². The number of hydrogen-bond acceptors (Lipinski definition) is 6. The summed E-state index contributed by atoms with van der Waals surface area (Å²) in [6.45, 7) is 4.67. The van der Waals surface area contributed by atoms with E-state index in [0.29, 0.717) is 30.3 Å². The first-order chi connectivity index (χ1) is 25.5. The molecule has 1 amide bonds. The first kappa shape index (κ1) is 52.2. The van der Waals surface area contributed by atoms with E-state index in [1.165, 1.54) is 148 Å². The molecule has 316 valence electrons. The Kier molecular flexibility index (Phi) is 36.3. The average molecular weight is 773 g/mol. The summed E-state index contributed by atoms with van der Waals surface area (Å²) in [5, 5.41) is 13.8. The summed E-state index contributed by atoms with van der Waals surface area (Å²) in [5.41, 5.74) is 0. The molecule has 2 N–H and O–H groups in total. The van der Waals surface area contributed by atoms with E-state index in [4.69, 9.17) is 9.05 Å². The van der Waals surface area contributed by atoms with E-state index in [-0.39, 0.29) is 19.1 Å². The molecule has 0 saturated heterocycles. The van der Waals surface area contributed by atoms with Crippen LogP contribution in [0.5, 0.6) is 0 Å². The summed E-state index contributed by atoms with van der Waals surface area (Å²) in [7, 11) is 1.29. The standard InChI is InChI=1S/C44H89N2O6P/c1-6-8-10-12-14-16-17-18-19-20-21-22-23-24-25-26-27-28-30-31-33-35-37-43(47)42(41-52-53(49,50)51-40-39-46(3,4)5)45-44(48)38-36-34-32-29-15-13-11-9-7-2/h29,32,42-43,47H,6-28,30-31,33-41H2,1-5H3,(H-,45,48,49,50)/b32-29-. The minimum atomic E-state index is -4.56. The second kappa shape index (κ2) is 36.9. The van der Waals surface area contributed by atoms with Crippen molar-refractivity contribution in [1.82, 2.24) is 5.32 Å². The number of phosphoric ester groups is 1. The van der Waals surface area contributed by atoms with Gasteiger partial charge in [-0.15, -0.1) is 0 Å². The van der Waals surface area contributed by atoms with Gasteiger partial charge < -0.3 is 28.8 Å². The number of unbranched alkanes of at least 4 members (excludes halogenated alkanes) is 26. The number of carbonyl (C=O) groups is 1. The Morgan fingerprint density at radius 3 is 1.47 bits per heavy atom. The maximum Gasteiger partial charge on any atom is 0.268 e. The van der Waals surface area contributed by atoms with Crippen molar-refractivity contribution in [2.24, 2.45) is 0 Å². The van der Waals surface area contributed by atoms with Gasteiger partial charge in [0.1, 0.15) is 13.2 Å². The maximum atomic E-state index is 12.8. The number of carbonyl (C=O) groups excluding carboxylic acids is 1. The fraction of sp³-hybridized carbons (Fsp3) is 0.932. The van der Waals surface area contributed by atoms with Gasteiger partial charge >= 0.3 is 0 Å². The van der Waals surface area contributed by atoms with Crippen molar-refractivity contribution in [3.8, 4) is 0 Å². The van der Waals surface area contributed by atoms with Crippen molar-refractivity contribution in [3.05, 3.63) is 12.2 Å². The van der Waals surface area contributed by atoms with Crippen LogP contribution in [0.2, 0.25) is 0 Å². The van der Waals surface area contributed by atoms with Crippen LogP contribution in [0.25, 0.3) is 0 Å². The first-order valence-electron chi connectivity index (χ1n) is 22.5. The van der Waals surface area contributed by atoms with Gasteiger partial charge in [-0.2, -0.15) is 0 Å². The van der Waals surface area contributed by atoms with Crippen LogP contribution in [0.3, 0.4) is 0 Å². The summed E-state index contributed by atoms with van der Waals surface area (Å²) >= 11 is 0. The summed E-state index contributed by atoms with van der Waals surface area (Å²) in [6, 6.07) is -0.809. The lowest BCUT2D eigenvalue weighted by atomic mass is 10.0. The van der Waals surface area contributed by atoms with Crippen LogP contribution in [0, 0.1) is 0 Å². The van der Waals surface area contributed by atoms with E-state index >= 15 is 0 Å². The first-order valence-corrected chi connectivity index (χ1v) is 24.0. The van der Waals surface area contributed by atoms with E-state index < -0.39 is 20.0 Å². The Labute approximate surface area is 329 Å². The minimum absolute atomic E-state index is 0.00938. The highest BCUT2D eigenvalue weighted by molar-refractivity contribution is 7.45. The Bertz CT molecular complexity index is 880. The summed E-state index contributed by atoms with van der Waals surface area (Å²) in [5.74, 6) is -0.199. The number of quaternary nitrogens is 1. The molecule has 0 aromatic rings. The van der Waals surface area contributed by atoms with Gasteiger partial charge in [0.2, 0.25) is 5.91 Å². The zero-order valence-corrected chi connectivity index (χ0v) is 36.6. The van der Waals surface area contributed by atoms with Crippen LogP contribution in [0.4, 0.5) is 0 Å². The fourth-order valence-corrected chi connectivity index (χ4v) is 7.35. The topological polar surface area (TPSA) is 108 Å². The molecular formula is C44H89N2O6P. The van der Waals surface area contributed by atoms with Crippen molar-refractivity contribution in [1.29, 1.82) is 0 Å². The van der Waals surface area contributed by atoms with Gasteiger partial charge in [-0.25, -0.2) is 0 Å². The third-order valence-corrected chi connectivity index (χ3v) is 11.2. The number of rotatable bonds is 41. The maximum absolute atomic E-state index is 12.8. The van der Waals surface area contributed by atoms with Gasteiger partial charge in [-0.3, -0.25) is 9.36 Å². The number of aliphatic hydroxyl groups is 1. The second-order valence-corrected chi connectivity index (χ2v) is 18.2. The molecule has 3 atom stereocenters. The number of nitrogens with one attached hydrogen (secondary N) is 1. The molecule has 8 nitrogen and oxygen atoms in total. The van der Waals surface area contributed by atoms with Crippen LogP contribution in [0.15, 0.2) is 12.2 Å². The summed E-state index contributed by atoms with van der Waals surface area (Å²) in [6.07, 6.45) is 41.0. The van der Waals surface area contributed by atoms with Crippen LogP contribution in [0.1, 0.15) is 213 Å². The molecule has 9 heteroatoms. The molecule has 0 aromatic heterocycles. The lowest BCUT2D eigenvalue weighted by Crippen LogP contribution is -2.46. The smallest absolute Gasteiger partial charge is 0.268 e. The van der Waals surface area contributed by atoms with Gasteiger partial charge in [-0.05, 0) is 32.1 Å². The molecular weight excluding hydrogens is 683 g/mol. The third kappa shape index (κ3) is 39.3. The number of amides is 1. The highest BCUT2D eigenvalue weighted by atomic mass is 31.2. The Morgan fingerprint density at radius 1 is 0.642 bits per heavy atom. The fourth-order valence-electron chi connectivity index (χ4n) is 6.63. The molecule has 0 fully saturated rings. The van der Waals surface area contributed by atoms with E-state index in [0.717, 1.165) is 32.1 Å². The number of nitrogens with zero attached hydrogens (tertiary/aromatic N) is 1. The van der Waals surface area contributed by atoms with E-state index in [1.54, 1.807) is 0 Å². The Hall–Kier alpha value is -0.760. The summed E-state index contributed by atoms with van der Waals surface area (Å²) in [4.78, 5) is 25.2. The van der Waals surface area contributed by atoms with Gasteiger partial charge in [0, 0.05) is 6.42 Å². The monoisotopic (exact) mass is 773 g/mol. The largest absolute Gasteiger partial charge is 0.756 e. The lowest BCUT2D eigenvalue weighted by Gasteiger charge is -2.30. The molecule has 53 heavy (non-hydrogen) atoms. The van der Waals surface area contributed by atoms with Crippen LogP contribution in [-0.2, 0) is 18.4 Å². The highest BCUT2D eigenvalue weighted by Gasteiger charge is 2.24. The highest BCUT2D eigenvalue weighted by Crippen LogP contribution is 2.38. The van der Waals surface area contributed by atoms with Crippen molar-refractivity contribution < 1.29 is 32.9 Å². The zero-order valence-electron chi connectivity index (χ0n) is 35.7. The van der Waals surface area contributed by atoms with Crippen LogP contribution >= 0.6 is 7.82 Å². The van der Waals surface area contributed by atoms with Crippen molar-refractivity contribution in [2.45, 2.75) is 225 Å². The SMILES string of the molecule is CCCCCC/C=C\CCCC(=O)NC(COP(=O)([O-])OCC[N+](C)(C)C)C(O)CCCCCCCCCCCCCCCCCCCCCCCC. The van der Waals surface area contributed by atoms with E-state index in [2.05, 4.69) is 31.3 Å². The number of likely N-dealkylation sites (N-methyl/N-ethyl adjacent to an activating group) is 1. The van der Waals surface area contributed by atoms with Gasteiger partial charge in [0.25, 0.3) is 7.82 Å². The molecule has 0 heterocycles. The molecule has 0 aliphatic carbocycles. The number of aliphatic hydroxyl groups excluding tert-OH is 1. The number of hydrogen-bond donors (Lipinski definition) is 2. The number of allylic oxidation sites excluding steroid dienone is 2. The number of phosphoric acid groups is 1. The molecule has 0 bridgehead atoms. The molecule has 0 radical (unpaired) electrons. The average Bonchev–Trinajstić information content (AvgIpc) is 3.10. The Morgan fingerprint density at radius 2 is 1.04 bits per heavy atom. The molecule has 0 aromatic carbocycles.